The number of hydrogen-bond donors (Lipinski definition) is 1. The lowest BCUT2D eigenvalue weighted by molar-refractivity contribution is 0.0527. The number of aromatic nitrogens is 1. The number of rotatable bonds is 6. The highest BCUT2D eigenvalue weighted by Gasteiger charge is 2.19. The number of benzene rings is 2. The molecule has 0 aliphatic rings. The minimum Gasteiger partial charge on any atom is -0.495 e. The molecule has 0 radical (unpaired) electrons. The van der Waals surface area contributed by atoms with E-state index in [9.17, 15) is 4.79 Å². The van der Waals surface area contributed by atoms with Crippen LogP contribution in [0, 0.1) is 0 Å². The highest BCUT2D eigenvalue weighted by molar-refractivity contribution is 9.10. The number of aryl methyl sites for hydroxylation is 1. The molecular formula is C21H21BrN2O3. The van der Waals surface area contributed by atoms with Crippen molar-refractivity contribution in [3.05, 3.63) is 58.2 Å². The van der Waals surface area contributed by atoms with Gasteiger partial charge in [-0.3, -0.25) is 4.98 Å². The van der Waals surface area contributed by atoms with Gasteiger partial charge in [-0.25, -0.2) is 4.79 Å². The summed E-state index contributed by atoms with van der Waals surface area (Å²) in [5.74, 6) is 0.272. The molecule has 27 heavy (non-hydrogen) atoms. The van der Waals surface area contributed by atoms with E-state index in [-0.39, 0.29) is 0 Å². The molecule has 0 saturated carbocycles. The van der Waals surface area contributed by atoms with Gasteiger partial charge in [0.2, 0.25) is 0 Å². The number of nitrogens with one attached hydrogen (secondary N) is 1. The number of hydrogen-bond acceptors (Lipinski definition) is 5. The minimum atomic E-state index is -0.407. The molecule has 0 amide bonds. The van der Waals surface area contributed by atoms with Gasteiger partial charge in [-0.1, -0.05) is 25.1 Å². The third-order valence-electron chi connectivity index (χ3n) is 4.29. The molecule has 0 bridgehead atoms. The van der Waals surface area contributed by atoms with Crippen molar-refractivity contribution in [1.29, 1.82) is 0 Å². The fourth-order valence-corrected chi connectivity index (χ4v) is 3.44. The monoisotopic (exact) mass is 428 g/mol. The molecule has 5 nitrogen and oxygen atoms in total. The van der Waals surface area contributed by atoms with Crippen LogP contribution in [0.3, 0.4) is 0 Å². The van der Waals surface area contributed by atoms with Crippen LogP contribution in [0.5, 0.6) is 5.75 Å². The Bertz CT molecular complexity index is 989. The summed E-state index contributed by atoms with van der Waals surface area (Å²) in [6, 6.07) is 11.8. The van der Waals surface area contributed by atoms with Gasteiger partial charge in [0.05, 0.1) is 29.4 Å². The lowest BCUT2D eigenvalue weighted by Crippen LogP contribution is -2.10. The van der Waals surface area contributed by atoms with Gasteiger partial charge in [0.1, 0.15) is 11.3 Å². The van der Waals surface area contributed by atoms with E-state index in [1.807, 2.05) is 30.3 Å². The molecule has 140 valence electrons. The van der Waals surface area contributed by atoms with Gasteiger partial charge in [0.25, 0.3) is 0 Å². The standard InChI is InChI=1S/C21H21BrN2O3/c1-4-13-8-6-7-9-17(13)24-20-14-10-16(22)19(26-3)11-18(14)23-12-15(20)21(25)27-5-2/h6-12H,4-5H2,1-3H3,(H,23,24). The maximum atomic E-state index is 12.5. The number of fused-ring (bicyclic) bond motifs is 1. The average molecular weight is 429 g/mol. The predicted octanol–water partition coefficient (Wildman–Crippen LogP) is 5.49. The van der Waals surface area contributed by atoms with E-state index in [1.165, 1.54) is 0 Å². The number of anilines is 2. The maximum Gasteiger partial charge on any atom is 0.341 e. The number of carbonyl (C=O) groups excluding carboxylic acids is 1. The lowest BCUT2D eigenvalue weighted by Gasteiger charge is -2.17. The number of pyridine rings is 1. The SMILES string of the molecule is CCOC(=O)c1cnc2cc(OC)c(Br)cc2c1Nc1ccccc1CC. The van der Waals surface area contributed by atoms with Gasteiger partial charge in [0, 0.05) is 23.3 Å². The van der Waals surface area contributed by atoms with Crippen LogP contribution in [0.4, 0.5) is 11.4 Å². The van der Waals surface area contributed by atoms with Crippen molar-refractivity contribution in [2.45, 2.75) is 20.3 Å². The smallest absolute Gasteiger partial charge is 0.341 e. The quantitative estimate of drug-likeness (QED) is 0.526. The summed E-state index contributed by atoms with van der Waals surface area (Å²) >= 11 is 3.52. The minimum absolute atomic E-state index is 0.300. The Morgan fingerprint density at radius 3 is 2.70 bits per heavy atom. The first-order valence-electron chi connectivity index (χ1n) is 8.77. The Kier molecular flexibility index (Phi) is 5.96. The van der Waals surface area contributed by atoms with Gasteiger partial charge in [-0.2, -0.15) is 0 Å². The zero-order valence-electron chi connectivity index (χ0n) is 15.5. The van der Waals surface area contributed by atoms with Crippen LogP contribution in [0.1, 0.15) is 29.8 Å². The molecule has 0 spiro atoms. The van der Waals surface area contributed by atoms with Crippen molar-refractivity contribution in [2.24, 2.45) is 0 Å². The molecule has 0 atom stereocenters. The van der Waals surface area contributed by atoms with Crippen molar-refractivity contribution in [3.8, 4) is 5.75 Å². The molecule has 0 unspecified atom stereocenters. The molecule has 0 saturated heterocycles. The Labute approximate surface area is 166 Å². The van der Waals surface area contributed by atoms with Crippen LogP contribution in [0.2, 0.25) is 0 Å². The third-order valence-corrected chi connectivity index (χ3v) is 4.91. The molecule has 1 aromatic heterocycles. The Hall–Kier alpha value is -2.60. The number of ether oxygens (including phenoxy) is 2. The molecular weight excluding hydrogens is 408 g/mol. The number of para-hydroxylation sites is 1. The Morgan fingerprint density at radius 2 is 2.00 bits per heavy atom. The summed E-state index contributed by atoms with van der Waals surface area (Å²) in [6.45, 7) is 4.18. The first kappa shape index (κ1) is 19.2. The molecule has 0 aliphatic heterocycles. The van der Waals surface area contributed by atoms with Gasteiger partial charge in [-0.15, -0.1) is 0 Å². The summed E-state index contributed by atoms with van der Waals surface area (Å²) in [7, 11) is 1.61. The summed E-state index contributed by atoms with van der Waals surface area (Å²) < 4.78 is 11.4. The molecule has 0 fully saturated rings. The zero-order chi connectivity index (χ0) is 19.4. The van der Waals surface area contributed by atoms with E-state index < -0.39 is 5.97 Å². The highest BCUT2D eigenvalue weighted by atomic mass is 79.9. The second-order valence-electron chi connectivity index (χ2n) is 5.91. The molecule has 6 heteroatoms. The summed E-state index contributed by atoms with van der Waals surface area (Å²) in [5, 5.41) is 4.24. The summed E-state index contributed by atoms with van der Waals surface area (Å²) in [6.07, 6.45) is 2.42. The van der Waals surface area contributed by atoms with Gasteiger partial charge in [-0.05, 0) is 47.0 Å². The van der Waals surface area contributed by atoms with E-state index in [4.69, 9.17) is 9.47 Å². The van der Waals surface area contributed by atoms with E-state index in [1.54, 1.807) is 20.2 Å². The maximum absolute atomic E-state index is 12.5. The number of carbonyl (C=O) groups is 1. The van der Waals surface area contributed by atoms with Crippen LogP contribution >= 0.6 is 15.9 Å². The van der Waals surface area contributed by atoms with Crippen molar-refractivity contribution >= 4 is 44.2 Å². The fraction of sp³-hybridized carbons (Fsp3) is 0.238. The van der Waals surface area contributed by atoms with Gasteiger partial charge >= 0.3 is 5.97 Å². The van der Waals surface area contributed by atoms with Crippen LogP contribution in [0.25, 0.3) is 10.9 Å². The number of halogens is 1. The number of esters is 1. The second-order valence-corrected chi connectivity index (χ2v) is 6.76. The lowest BCUT2D eigenvalue weighted by atomic mass is 10.1. The second kappa shape index (κ2) is 8.39. The van der Waals surface area contributed by atoms with Crippen molar-refractivity contribution in [3.63, 3.8) is 0 Å². The van der Waals surface area contributed by atoms with Crippen LogP contribution in [0.15, 0.2) is 47.1 Å². The Balaban J connectivity index is 2.23. The zero-order valence-corrected chi connectivity index (χ0v) is 17.1. The average Bonchev–Trinajstić information content (AvgIpc) is 2.68. The first-order chi connectivity index (χ1) is 13.1. The number of methoxy groups -OCH3 is 1. The van der Waals surface area contributed by atoms with E-state index in [2.05, 4.69) is 39.2 Å². The van der Waals surface area contributed by atoms with Crippen molar-refractivity contribution in [1.82, 2.24) is 4.98 Å². The highest BCUT2D eigenvalue weighted by Crippen LogP contribution is 2.36. The van der Waals surface area contributed by atoms with E-state index >= 15 is 0 Å². The van der Waals surface area contributed by atoms with Crippen LogP contribution in [-0.2, 0) is 11.2 Å². The Morgan fingerprint density at radius 1 is 1.22 bits per heavy atom. The molecule has 1 heterocycles. The third kappa shape index (κ3) is 3.90. The molecule has 2 aromatic carbocycles. The topological polar surface area (TPSA) is 60.5 Å². The largest absolute Gasteiger partial charge is 0.495 e. The van der Waals surface area contributed by atoms with Crippen LogP contribution in [-0.4, -0.2) is 24.7 Å². The van der Waals surface area contributed by atoms with Gasteiger partial charge in [0.15, 0.2) is 0 Å². The van der Waals surface area contributed by atoms with Gasteiger partial charge < -0.3 is 14.8 Å². The fourth-order valence-electron chi connectivity index (χ4n) is 2.93. The van der Waals surface area contributed by atoms with Crippen molar-refractivity contribution in [2.75, 3.05) is 19.0 Å². The molecule has 3 aromatic rings. The molecule has 1 N–H and O–H groups in total. The van der Waals surface area contributed by atoms with E-state index in [0.717, 1.165) is 33.0 Å². The normalized spacial score (nSPS) is 10.7. The summed E-state index contributed by atoms with van der Waals surface area (Å²) in [5.41, 5.74) is 3.89. The first-order valence-corrected chi connectivity index (χ1v) is 9.56. The molecule has 0 aliphatic carbocycles. The van der Waals surface area contributed by atoms with E-state index in [0.29, 0.717) is 23.6 Å². The predicted molar refractivity (Wildman–Crippen MR) is 111 cm³/mol. The van der Waals surface area contributed by atoms with Crippen LogP contribution < -0.4 is 10.1 Å². The summed E-state index contributed by atoms with van der Waals surface area (Å²) in [4.78, 5) is 17.0. The molecule has 3 rings (SSSR count). The van der Waals surface area contributed by atoms with Crippen molar-refractivity contribution < 1.29 is 14.3 Å². The number of nitrogens with zero attached hydrogens (tertiary/aromatic N) is 1.